The number of amides is 2. The standard InChI is InChI=1S/C23H27N3O3/c1-25-12-13-26(20(16-25)17-7-3-2-4-8-17)23(28)18-9-5-10-19(15-18)24-22(27)21-11-6-14-29-21/h2-5,7-10,15,20-21H,6,11-14,16H2,1H3,(H,24,27)/t20-,21-/m1/s1. The molecule has 2 aliphatic rings. The van der Waals surface area contributed by atoms with Crippen LogP contribution in [0.25, 0.3) is 0 Å². The summed E-state index contributed by atoms with van der Waals surface area (Å²) in [5, 5.41) is 2.89. The maximum Gasteiger partial charge on any atom is 0.254 e. The van der Waals surface area contributed by atoms with E-state index in [4.69, 9.17) is 4.74 Å². The van der Waals surface area contributed by atoms with Gasteiger partial charge in [-0.3, -0.25) is 9.59 Å². The molecule has 0 bridgehead atoms. The third-order valence-electron chi connectivity index (χ3n) is 5.63. The summed E-state index contributed by atoms with van der Waals surface area (Å²) in [5.74, 6) is -0.158. The monoisotopic (exact) mass is 393 g/mol. The fourth-order valence-electron chi connectivity index (χ4n) is 4.03. The van der Waals surface area contributed by atoms with Crippen molar-refractivity contribution < 1.29 is 14.3 Å². The minimum Gasteiger partial charge on any atom is -0.368 e. The van der Waals surface area contributed by atoms with Crippen LogP contribution in [0.1, 0.15) is 34.8 Å². The van der Waals surface area contributed by atoms with Crippen molar-refractivity contribution in [2.45, 2.75) is 25.0 Å². The molecule has 2 heterocycles. The summed E-state index contributed by atoms with van der Waals surface area (Å²) in [7, 11) is 2.08. The van der Waals surface area contributed by atoms with E-state index in [-0.39, 0.29) is 17.9 Å². The molecule has 152 valence electrons. The van der Waals surface area contributed by atoms with Crippen LogP contribution >= 0.6 is 0 Å². The van der Waals surface area contributed by atoms with Gasteiger partial charge in [0.15, 0.2) is 0 Å². The van der Waals surface area contributed by atoms with Gasteiger partial charge in [0.05, 0.1) is 6.04 Å². The van der Waals surface area contributed by atoms with Crippen molar-refractivity contribution in [3.05, 3.63) is 65.7 Å². The maximum absolute atomic E-state index is 13.4. The quantitative estimate of drug-likeness (QED) is 0.868. The lowest BCUT2D eigenvalue weighted by atomic mass is 10.0. The number of ether oxygens (including phenoxy) is 1. The van der Waals surface area contributed by atoms with E-state index in [0.717, 1.165) is 31.5 Å². The Bertz CT molecular complexity index is 865. The number of piperazine rings is 1. The molecule has 0 radical (unpaired) electrons. The summed E-state index contributed by atoms with van der Waals surface area (Å²) in [4.78, 5) is 29.9. The molecule has 4 rings (SSSR count). The topological polar surface area (TPSA) is 61.9 Å². The molecule has 0 aromatic heterocycles. The van der Waals surface area contributed by atoms with Crippen LogP contribution in [0.2, 0.25) is 0 Å². The van der Waals surface area contributed by atoms with E-state index in [9.17, 15) is 9.59 Å². The third-order valence-corrected chi connectivity index (χ3v) is 5.63. The highest BCUT2D eigenvalue weighted by molar-refractivity contribution is 5.98. The second-order valence-electron chi connectivity index (χ2n) is 7.76. The first kappa shape index (κ1) is 19.6. The zero-order valence-electron chi connectivity index (χ0n) is 16.7. The highest BCUT2D eigenvalue weighted by Crippen LogP contribution is 2.27. The number of hydrogen-bond donors (Lipinski definition) is 1. The molecule has 6 heteroatoms. The number of rotatable bonds is 4. The number of anilines is 1. The van der Waals surface area contributed by atoms with E-state index in [2.05, 4.69) is 29.4 Å². The van der Waals surface area contributed by atoms with Crippen molar-refractivity contribution >= 4 is 17.5 Å². The van der Waals surface area contributed by atoms with Crippen LogP contribution in [0.4, 0.5) is 5.69 Å². The molecule has 2 atom stereocenters. The van der Waals surface area contributed by atoms with Crippen molar-refractivity contribution in [2.24, 2.45) is 0 Å². The Labute approximate surface area is 171 Å². The summed E-state index contributed by atoms with van der Waals surface area (Å²) in [6, 6.07) is 17.3. The minimum absolute atomic E-state index is 0.00702. The van der Waals surface area contributed by atoms with Crippen LogP contribution in [0, 0.1) is 0 Å². The van der Waals surface area contributed by atoms with Gasteiger partial charge in [-0.2, -0.15) is 0 Å². The largest absolute Gasteiger partial charge is 0.368 e. The molecule has 2 aromatic rings. The van der Waals surface area contributed by atoms with Crippen molar-refractivity contribution in [1.82, 2.24) is 9.80 Å². The molecule has 0 spiro atoms. The molecule has 2 aliphatic heterocycles. The number of carbonyl (C=O) groups excluding carboxylic acids is 2. The zero-order chi connectivity index (χ0) is 20.2. The maximum atomic E-state index is 13.4. The van der Waals surface area contributed by atoms with Crippen LogP contribution < -0.4 is 5.32 Å². The first-order valence-electron chi connectivity index (χ1n) is 10.2. The lowest BCUT2D eigenvalue weighted by molar-refractivity contribution is -0.124. The fraction of sp³-hybridized carbons (Fsp3) is 0.391. The lowest BCUT2D eigenvalue weighted by Gasteiger charge is -2.40. The number of carbonyl (C=O) groups is 2. The second kappa shape index (κ2) is 8.76. The summed E-state index contributed by atoms with van der Waals surface area (Å²) >= 11 is 0. The molecular formula is C23H27N3O3. The van der Waals surface area contributed by atoms with Gasteiger partial charge in [-0.1, -0.05) is 36.4 Å². The Hall–Kier alpha value is -2.70. The summed E-state index contributed by atoms with van der Waals surface area (Å²) in [6.45, 7) is 2.93. The first-order chi connectivity index (χ1) is 14.1. The van der Waals surface area contributed by atoms with Gasteiger partial charge in [-0.05, 0) is 43.7 Å². The number of nitrogens with one attached hydrogen (secondary N) is 1. The van der Waals surface area contributed by atoms with Crippen molar-refractivity contribution in [2.75, 3.05) is 38.6 Å². The van der Waals surface area contributed by atoms with Crippen LogP contribution in [0.15, 0.2) is 54.6 Å². The lowest BCUT2D eigenvalue weighted by Crippen LogP contribution is -2.49. The molecule has 2 saturated heterocycles. The molecule has 2 amide bonds. The Morgan fingerprint density at radius 1 is 1.07 bits per heavy atom. The Morgan fingerprint density at radius 2 is 1.90 bits per heavy atom. The van der Waals surface area contributed by atoms with E-state index in [0.29, 0.717) is 24.4 Å². The van der Waals surface area contributed by atoms with Gasteiger partial charge in [-0.15, -0.1) is 0 Å². The van der Waals surface area contributed by atoms with Crippen LogP contribution in [-0.4, -0.2) is 61.0 Å². The fourth-order valence-corrected chi connectivity index (χ4v) is 4.03. The summed E-state index contributed by atoms with van der Waals surface area (Å²) < 4.78 is 5.44. The molecule has 1 N–H and O–H groups in total. The predicted octanol–water partition coefficient (Wildman–Crippen LogP) is 2.93. The summed E-state index contributed by atoms with van der Waals surface area (Å²) in [5.41, 5.74) is 2.35. The Kier molecular flexibility index (Phi) is 5.92. The van der Waals surface area contributed by atoms with E-state index < -0.39 is 6.10 Å². The van der Waals surface area contributed by atoms with Crippen LogP contribution in [-0.2, 0) is 9.53 Å². The van der Waals surface area contributed by atoms with E-state index in [1.54, 1.807) is 6.07 Å². The molecule has 2 aromatic carbocycles. The Balaban J connectivity index is 1.52. The van der Waals surface area contributed by atoms with E-state index >= 15 is 0 Å². The first-order valence-corrected chi connectivity index (χ1v) is 10.2. The highest BCUT2D eigenvalue weighted by atomic mass is 16.5. The van der Waals surface area contributed by atoms with Gasteiger partial charge < -0.3 is 19.9 Å². The second-order valence-corrected chi connectivity index (χ2v) is 7.76. The van der Waals surface area contributed by atoms with Crippen molar-refractivity contribution in [1.29, 1.82) is 0 Å². The molecule has 0 unspecified atom stereocenters. The van der Waals surface area contributed by atoms with E-state index in [1.165, 1.54) is 0 Å². The van der Waals surface area contributed by atoms with Gasteiger partial charge in [0, 0.05) is 37.5 Å². The normalized spacial score (nSPS) is 22.4. The van der Waals surface area contributed by atoms with Crippen LogP contribution in [0.3, 0.4) is 0 Å². The minimum atomic E-state index is -0.394. The van der Waals surface area contributed by atoms with Gasteiger partial charge in [0.2, 0.25) is 0 Å². The van der Waals surface area contributed by atoms with Gasteiger partial charge >= 0.3 is 0 Å². The zero-order valence-corrected chi connectivity index (χ0v) is 16.7. The number of hydrogen-bond acceptors (Lipinski definition) is 4. The van der Waals surface area contributed by atoms with Gasteiger partial charge in [0.1, 0.15) is 6.10 Å². The molecule has 6 nitrogen and oxygen atoms in total. The number of nitrogens with zero attached hydrogens (tertiary/aromatic N) is 2. The summed E-state index contributed by atoms with van der Waals surface area (Å²) in [6.07, 6.45) is 1.25. The van der Waals surface area contributed by atoms with Crippen LogP contribution in [0.5, 0.6) is 0 Å². The average Bonchev–Trinajstić information content (AvgIpc) is 3.29. The molecule has 2 fully saturated rings. The van der Waals surface area contributed by atoms with E-state index in [1.807, 2.05) is 41.3 Å². The molecule has 0 aliphatic carbocycles. The molecule has 29 heavy (non-hydrogen) atoms. The van der Waals surface area contributed by atoms with Crippen molar-refractivity contribution in [3.8, 4) is 0 Å². The average molecular weight is 393 g/mol. The highest BCUT2D eigenvalue weighted by Gasteiger charge is 2.31. The SMILES string of the molecule is CN1CCN(C(=O)c2cccc(NC(=O)[C@H]3CCCO3)c2)[C@@H](c2ccccc2)C1. The van der Waals surface area contributed by atoms with Crippen molar-refractivity contribution in [3.63, 3.8) is 0 Å². The van der Waals surface area contributed by atoms with Gasteiger partial charge in [-0.25, -0.2) is 0 Å². The molecular weight excluding hydrogens is 366 g/mol. The smallest absolute Gasteiger partial charge is 0.254 e. The third kappa shape index (κ3) is 4.49. The number of benzene rings is 2. The Morgan fingerprint density at radius 3 is 2.66 bits per heavy atom. The predicted molar refractivity (Wildman–Crippen MR) is 112 cm³/mol. The number of likely N-dealkylation sites (N-methyl/N-ethyl adjacent to an activating group) is 1. The van der Waals surface area contributed by atoms with Gasteiger partial charge in [0.25, 0.3) is 11.8 Å². The molecule has 0 saturated carbocycles.